The highest BCUT2D eigenvalue weighted by Gasteiger charge is 2.35. The van der Waals surface area contributed by atoms with Crippen molar-refractivity contribution in [2.45, 2.75) is 39.5 Å². The van der Waals surface area contributed by atoms with Crippen molar-refractivity contribution in [3.63, 3.8) is 0 Å². The summed E-state index contributed by atoms with van der Waals surface area (Å²) in [6, 6.07) is 0. The summed E-state index contributed by atoms with van der Waals surface area (Å²) < 4.78 is 24.0. The molecule has 1 N–H and O–H groups in total. The summed E-state index contributed by atoms with van der Waals surface area (Å²) >= 11 is 1.75. The van der Waals surface area contributed by atoms with Crippen LogP contribution in [0.4, 0.5) is 0 Å². The van der Waals surface area contributed by atoms with Crippen molar-refractivity contribution in [3.8, 4) is 0 Å². The Labute approximate surface area is 135 Å². The SMILES string of the molecule is CCC(C)(CNCC(C)C)CN1CCSCC1S(C)(=O)=O. The van der Waals surface area contributed by atoms with Gasteiger partial charge in [0, 0.05) is 37.4 Å². The minimum Gasteiger partial charge on any atom is -0.316 e. The molecule has 0 bridgehead atoms. The lowest BCUT2D eigenvalue weighted by Gasteiger charge is -2.40. The third-order valence-electron chi connectivity index (χ3n) is 4.23. The van der Waals surface area contributed by atoms with Gasteiger partial charge in [-0.15, -0.1) is 0 Å². The molecule has 1 heterocycles. The first kappa shape index (κ1) is 19.3. The van der Waals surface area contributed by atoms with E-state index < -0.39 is 9.84 Å². The molecule has 21 heavy (non-hydrogen) atoms. The maximum Gasteiger partial charge on any atom is 0.164 e. The predicted octanol–water partition coefficient (Wildman–Crippen LogP) is 2.07. The second-order valence-corrected chi connectivity index (χ2v) is 10.4. The van der Waals surface area contributed by atoms with Crippen molar-refractivity contribution in [2.75, 3.05) is 43.9 Å². The summed E-state index contributed by atoms with van der Waals surface area (Å²) in [4.78, 5) is 2.19. The molecule has 0 spiro atoms. The third-order valence-corrected chi connectivity index (χ3v) is 6.91. The van der Waals surface area contributed by atoms with E-state index >= 15 is 0 Å². The first-order valence-corrected chi connectivity index (χ1v) is 11.0. The Morgan fingerprint density at radius 1 is 1.43 bits per heavy atom. The van der Waals surface area contributed by atoms with Crippen LogP contribution in [0.1, 0.15) is 34.1 Å². The molecule has 0 aromatic carbocycles. The molecule has 126 valence electrons. The normalized spacial score (nSPS) is 24.2. The average Bonchev–Trinajstić information content (AvgIpc) is 2.37. The van der Waals surface area contributed by atoms with Gasteiger partial charge in [-0.05, 0) is 24.3 Å². The van der Waals surface area contributed by atoms with Gasteiger partial charge in [-0.1, -0.05) is 27.7 Å². The highest BCUT2D eigenvalue weighted by atomic mass is 32.2. The van der Waals surface area contributed by atoms with Gasteiger partial charge in [0.2, 0.25) is 0 Å². The van der Waals surface area contributed by atoms with Crippen molar-refractivity contribution in [3.05, 3.63) is 0 Å². The second kappa shape index (κ2) is 8.18. The summed E-state index contributed by atoms with van der Waals surface area (Å²) in [5.41, 5.74) is 0.125. The quantitative estimate of drug-likeness (QED) is 0.735. The lowest BCUT2D eigenvalue weighted by atomic mass is 9.86. The minimum atomic E-state index is -3.00. The molecular weight excluding hydrogens is 304 g/mol. The minimum absolute atomic E-state index is 0.125. The first-order valence-electron chi connectivity index (χ1n) is 7.89. The van der Waals surface area contributed by atoms with E-state index in [2.05, 4.69) is 37.9 Å². The van der Waals surface area contributed by atoms with Gasteiger partial charge >= 0.3 is 0 Å². The molecule has 0 saturated carbocycles. The van der Waals surface area contributed by atoms with Crippen LogP contribution in [0.3, 0.4) is 0 Å². The molecular formula is C15H32N2O2S2. The molecule has 0 radical (unpaired) electrons. The molecule has 1 aliphatic rings. The zero-order chi connectivity index (χ0) is 16.1. The molecule has 0 aromatic heterocycles. The smallest absolute Gasteiger partial charge is 0.164 e. The van der Waals surface area contributed by atoms with E-state index in [9.17, 15) is 8.42 Å². The van der Waals surface area contributed by atoms with Crippen LogP contribution in [0.25, 0.3) is 0 Å². The average molecular weight is 337 g/mol. The summed E-state index contributed by atoms with van der Waals surface area (Å²) in [5, 5.41) is 3.23. The van der Waals surface area contributed by atoms with Crippen molar-refractivity contribution < 1.29 is 8.42 Å². The molecule has 4 nitrogen and oxygen atoms in total. The summed E-state index contributed by atoms with van der Waals surface area (Å²) in [7, 11) is -3.00. The van der Waals surface area contributed by atoms with Crippen molar-refractivity contribution in [2.24, 2.45) is 11.3 Å². The molecule has 0 aliphatic carbocycles. The van der Waals surface area contributed by atoms with Crippen molar-refractivity contribution in [1.82, 2.24) is 10.2 Å². The van der Waals surface area contributed by atoms with E-state index in [1.54, 1.807) is 11.8 Å². The van der Waals surface area contributed by atoms with Crippen LogP contribution in [0, 0.1) is 11.3 Å². The molecule has 1 fully saturated rings. The van der Waals surface area contributed by atoms with Gasteiger partial charge in [0.15, 0.2) is 9.84 Å². The summed E-state index contributed by atoms with van der Waals surface area (Å²) in [6.45, 7) is 12.6. The summed E-state index contributed by atoms with van der Waals surface area (Å²) in [5.74, 6) is 2.38. The van der Waals surface area contributed by atoms with Gasteiger partial charge in [0.1, 0.15) is 5.37 Å². The fourth-order valence-corrected chi connectivity index (χ4v) is 5.58. The molecule has 6 heteroatoms. The Balaban J connectivity index is 2.68. The Hall–Kier alpha value is 0.220. The van der Waals surface area contributed by atoms with Gasteiger partial charge < -0.3 is 5.32 Å². The van der Waals surface area contributed by atoms with Crippen LogP contribution in [0.15, 0.2) is 0 Å². The molecule has 1 rings (SSSR count). The van der Waals surface area contributed by atoms with Gasteiger partial charge in [0.25, 0.3) is 0 Å². The molecule has 1 saturated heterocycles. The van der Waals surface area contributed by atoms with Gasteiger partial charge in [0.05, 0.1) is 0 Å². The zero-order valence-electron chi connectivity index (χ0n) is 14.2. The number of nitrogens with one attached hydrogen (secondary N) is 1. The zero-order valence-corrected chi connectivity index (χ0v) is 15.8. The van der Waals surface area contributed by atoms with Crippen LogP contribution in [-0.2, 0) is 9.84 Å². The van der Waals surface area contributed by atoms with E-state index in [0.717, 1.165) is 38.4 Å². The molecule has 1 aliphatic heterocycles. The summed E-state index contributed by atoms with van der Waals surface area (Å²) in [6.07, 6.45) is 2.43. The van der Waals surface area contributed by atoms with Crippen LogP contribution in [0.5, 0.6) is 0 Å². The van der Waals surface area contributed by atoms with E-state index in [1.165, 1.54) is 6.26 Å². The van der Waals surface area contributed by atoms with Gasteiger partial charge in [-0.2, -0.15) is 11.8 Å². The maximum atomic E-state index is 12.0. The maximum absolute atomic E-state index is 12.0. The Morgan fingerprint density at radius 3 is 2.62 bits per heavy atom. The largest absolute Gasteiger partial charge is 0.316 e. The number of hydrogen-bond donors (Lipinski definition) is 1. The van der Waals surface area contributed by atoms with Crippen LogP contribution >= 0.6 is 11.8 Å². The predicted molar refractivity (Wildman–Crippen MR) is 93.6 cm³/mol. The van der Waals surface area contributed by atoms with E-state index in [1.807, 2.05) is 0 Å². The highest BCUT2D eigenvalue weighted by Crippen LogP contribution is 2.27. The van der Waals surface area contributed by atoms with Gasteiger partial charge in [-0.3, -0.25) is 4.90 Å². The van der Waals surface area contributed by atoms with Crippen LogP contribution in [-0.4, -0.2) is 62.6 Å². The number of sulfone groups is 1. The third kappa shape index (κ3) is 6.47. The number of rotatable bonds is 8. The van der Waals surface area contributed by atoms with E-state index in [0.29, 0.717) is 11.7 Å². The molecule has 2 unspecified atom stereocenters. The van der Waals surface area contributed by atoms with E-state index in [-0.39, 0.29) is 10.8 Å². The standard InChI is InChI=1S/C15H32N2O2S2/c1-6-15(4,11-16-9-13(2)3)12-17-7-8-20-10-14(17)21(5,18)19/h13-14,16H,6-12H2,1-5H3. The first-order chi connectivity index (χ1) is 9.68. The lowest BCUT2D eigenvalue weighted by molar-refractivity contribution is 0.151. The van der Waals surface area contributed by atoms with Gasteiger partial charge in [-0.25, -0.2) is 8.42 Å². The fraction of sp³-hybridized carbons (Fsp3) is 1.00. The topological polar surface area (TPSA) is 49.4 Å². The van der Waals surface area contributed by atoms with Crippen molar-refractivity contribution in [1.29, 1.82) is 0 Å². The Bertz CT molecular complexity index is 412. The molecule has 2 atom stereocenters. The Morgan fingerprint density at radius 2 is 2.10 bits per heavy atom. The molecule has 0 aromatic rings. The van der Waals surface area contributed by atoms with Crippen molar-refractivity contribution >= 4 is 21.6 Å². The highest BCUT2D eigenvalue weighted by molar-refractivity contribution is 8.00. The Kier molecular flexibility index (Phi) is 7.50. The van der Waals surface area contributed by atoms with Crippen LogP contribution < -0.4 is 5.32 Å². The van der Waals surface area contributed by atoms with E-state index in [4.69, 9.17) is 0 Å². The second-order valence-electron chi connectivity index (χ2n) is 7.02. The number of thioether (sulfide) groups is 1. The fourth-order valence-electron chi connectivity index (χ4n) is 2.64. The lowest BCUT2D eigenvalue weighted by Crippen LogP contribution is -2.52. The molecule has 0 amide bonds. The number of nitrogens with zero attached hydrogens (tertiary/aromatic N) is 1. The monoisotopic (exact) mass is 336 g/mol. The number of hydrogen-bond acceptors (Lipinski definition) is 5. The van der Waals surface area contributed by atoms with Crippen LogP contribution in [0.2, 0.25) is 0 Å².